The number of hydrogen-bond donors (Lipinski definition) is 1. The minimum Gasteiger partial charge on any atom is -0.278 e. The lowest BCUT2D eigenvalue weighted by molar-refractivity contribution is -0.385. The lowest BCUT2D eigenvalue weighted by Gasteiger charge is -2.11. The second-order valence-electron chi connectivity index (χ2n) is 4.23. The van der Waals surface area contributed by atoms with Crippen LogP contribution in [0.15, 0.2) is 53.6 Å². The Morgan fingerprint density at radius 2 is 1.73 bits per heavy atom. The van der Waals surface area contributed by atoms with E-state index < -0.39 is 16.7 Å². The zero-order chi connectivity index (χ0) is 16.2. The van der Waals surface area contributed by atoms with Crippen LogP contribution in [-0.4, -0.2) is 11.1 Å². The van der Waals surface area contributed by atoms with E-state index in [0.717, 1.165) is 12.3 Å². The van der Waals surface area contributed by atoms with Crippen LogP contribution >= 0.6 is 0 Å². The molecule has 1 N–H and O–H groups in total. The van der Waals surface area contributed by atoms with Crippen molar-refractivity contribution in [3.05, 3.63) is 69.8 Å². The van der Waals surface area contributed by atoms with Gasteiger partial charge >= 0.3 is 6.18 Å². The molecule has 2 rings (SSSR count). The third-order valence-corrected chi connectivity index (χ3v) is 2.75. The van der Waals surface area contributed by atoms with E-state index in [1.54, 1.807) is 6.07 Å². The topological polar surface area (TPSA) is 67.5 Å². The molecule has 5 nitrogen and oxygen atoms in total. The molecule has 0 spiro atoms. The Balaban J connectivity index is 2.23. The van der Waals surface area contributed by atoms with Crippen molar-refractivity contribution in [3.8, 4) is 0 Å². The van der Waals surface area contributed by atoms with Crippen LogP contribution in [0.1, 0.15) is 11.1 Å². The molecule has 0 heterocycles. The fourth-order valence-corrected chi connectivity index (χ4v) is 1.76. The van der Waals surface area contributed by atoms with Crippen molar-refractivity contribution in [2.75, 3.05) is 5.43 Å². The third kappa shape index (κ3) is 3.60. The van der Waals surface area contributed by atoms with Gasteiger partial charge in [-0.3, -0.25) is 15.5 Å². The Bertz CT molecular complexity index is 714. The second kappa shape index (κ2) is 6.25. The van der Waals surface area contributed by atoms with Crippen molar-refractivity contribution in [2.45, 2.75) is 6.18 Å². The average molecular weight is 309 g/mol. The Morgan fingerprint density at radius 1 is 1.09 bits per heavy atom. The lowest BCUT2D eigenvalue weighted by Crippen LogP contribution is -2.08. The van der Waals surface area contributed by atoms with Gasteiger partial charge in [0.1, 0.15) is 0 Å². The summed E-state index contributed by atoms with van der Waals surface area (Å²) < 4.78 is 38.4. The molecule has 0 bridgehead atoms. The van der Waals surface area contributed by atoms with E-state index >= 15 is 0 Å². The smallest absolute Gasteiger partial charge is 0.278 e. The van der Waals surface area contributed by atoms with E-state index in [2.05, 4.69) is 10.5 Å². The maximum Gasteiger partial charge on any atom is 0.418 e. The first-order valence-electron chi connectivity index (χ1n) is 6.08. The summed E-state index contributed by atoms with van der Waals surface area (Å²) in [5.41, 5.74) is 1.17. The van der Waals surface area contributed by atoms with E-state index in [-0.39, 0.29) is 16.9 Å². The number of anilines is 1. The Kier molecular flexibility index (Phi) is 4.40. The number of benzene rings is 2. The van der Waals surface area contributed by atoms with Crippen molar-refractivity contribution in [1.29, 1.82) is 0 Å². The highest BCUT2D eigenvalue weighted by molar-refractivity contribution is 5.85. The predicted molar refractivity (Wildman–Crippen MR) is 75.8 cm³/mol. The summed E-state index contributed by atoms with van der Waals surface area (Å²) in [6.07, 6.45) is -3.41. The third-order valence-electron chi connectivity index (χ3n) is 2.75. The maximum absolute atomic E-state index is 12.8. The van der Waals surface area contributed by atoms with Crippen LogP contribution in [0.25, 0.3) is 0 Å². The van der Waals surface area contributed by atoms with Crippen LogP contribution < -0.4 is 5.43 Å². The molecule has 22 heavy (non-hydrogen) atoms. The number of nitrogens with zero attached hydrogens (tertiary/aromatic N) is 2. The van der Waals surface area contributed by atoms with Gasteiger partial charge < -0.3 is 0 Å². The molecule has 2 aromatic rings. The van der Waals surface area contributed by atoms with Crippen LogP contribution in [0.5, 0.6) is 0 Å². The number of rotatable bonds is 4. The fraction of sp³-hybridized carbons (Fsp3) is 0.0714. The van der Waals surface area contributed by atoms with Crippen LogP contribution in [0.4, 0.5) is 24.5 Å². The molecule has 8 heteroatoms. The van der Waals surface area contributed by atoms with E-state index in [1.165, 1.54) is 36.4 Å². The van der Waals surface area contributed by atoms with Gasteiger partial charge in [0, 0.05) is 6.07 Å². The molecular weight excluding hydrogens is 299 g/mol. The summed E-state index contributed by atoms with van der Waals surface area (Å²) in [4.78, 5) is 10.2. The van der Waals surface area contributed by atoms with Crippen molar-refractivity contribution < 1.29 is 18.1 Å². The lowest BCUT2D eigenvalue weighted by atomic mass is 10.2. The van der Waals surface area contributed by atoms with Gasteiger partial charge in [0.15, 0.2) is 0 Å². The molecular formula is C14H10F3N3O2. The minimum absolute atomic E-state index is 0.183. The van der Waals surface area contributed by atoms with Crippen molar-refractivity contribution >= 4 is 17.6 Å². The number of nitro groups is 1. The standard InChI is InChI=1S/C14H10F3N3O2/c15-14(16,17)11-6-2-3-7-12(11)19-18-9-10-5-1-4-8-13(10)20(21)22/h1-9,19H/b18-9-. The SMILES string of the molecule is O=[N+]([O-])c1ccccc1/C=N\Nc1ccccc1C(F)(F)F. The molecule has 0 aromatic heterocycles. The monoisotopic (exact) mass is 309 g/mol. The highest BCUT2D eigenvalue weighted by atomic mass is 19.4. The summed E-state index contributed by atoms with van der Waals surface area (Å²) in [5, 5.41) is 14.5. The summed E-state index contributed by atoms with van der Waals surface area (Å²) >= 11 is 0. The summed E-state index contributed by atoms with van der Waals surface area (Å²) in [6, 6.07) is 10.6. The molecule has 0 aliphatic carbocycles. The van der Waals surface area contributed by atoms with E-state index in [0.29, 0.717) is 0 Å². The predicted octanol–water partition coefficient (Wildman–Crippen LogP) is 4.06. The molecule has 0 atom stereocenters. The maximum atomic E-state index is 12.8. The highest BCUT2D eigenvalue weighted by Gasteiger charge is 2.33. The zero-order valence-corrected chi connectivity index (χ0v) is 11.0. The highest BCUT2D eigenvalue weighted by Crippen LogP contribution is 2.34. The quantitative estimate of drug-likeness (QED) is 0.526. The first-order valence-corrected chi connectivity index (χ1v) is 6.08. The van der Waals surface area contributed by atoms with Gasteiger partial charge in [-0.1, -0.05) is 24.3 Å². The van der Waals surface area contributed by atoms with Gasteiger partial charge in [-0.25, -0.2) is 0 Å². The van der Waals surface area contributed by atoms with Crippen molar-refractivity contribution in [3.63, 3.8) is 0 Å². The number of hydrazone groups is 1. The van der Waals surface area contributed by atoms with Gasteiger partial charge in [-0.2, -0.15) is 18.3 Å². The number of halogens is 3. The van der Waals surface area contributed by atoms with Crippen molar-refractivity contribution in [2.24, 2.45) is 5.10 Å². The molecule has 0 fully saturated rings. The molecule has 2 aromatic carbocycles. The van der Waals surface area contributed by atoms with Crippen LogP contribution in [0, 0.1) is 10.1 Å². The molecule has 0 unspecified atom stereocenters. The summed E-state index contributed by atoms with van der Waals surface area (Å²) in [5.74, 6) is 0. The number of nitro benzene ring substituents is 1. The summed E-state index contributed by atoms with van der Waals surface area (Å²) in [6.45, 7) is 0. The van der Waals surface area contributed by atoms with Gasteiger partial charge in [0.2, 0.25) is 0 Å². The number of hydrogen-bond acceptors (Lipinski definition) is 4. The molecule has 0 saturated heterocycles. The van der Waals surface area contributed by atoms with Gasteiger partial charge in [-0.05, 0) is 18.2 Å². The molecule has 0 amide bonds. The minimum atomic E-state index is -4.52. The van der Waals surface area contributed by atoms with E-state index in [1.807, 2.05) is 0 Å². The largest absolute Gasteiger partial charge is 0.418 e. The Morgan fingerprint density at radius 3 is 2.41 bits per heavy atom. The number of alkyl halides is 3. The zero-order valence-electron chi connectivity index (χ0n) is 11.0. The normalized spacial score (nSPS) is 11.6. The molecule has 0 saturated carbocycles. The van der Waals surface area contributed by atoms with Crippen LogP contribution in [0.3, 0.4) is 0 Å². The Labute approximate surface area is 123 Å². The number of para-hydroxylation sites is 2. The Hall–Kier alpha value is -2.90. The first-order chi connectivity index (χ1) is 10.4. The summed E-state index contributed by atoms with van der Waals surface area (Å²) in [7, 11) is 0. The number of nitrogens with one attached hydrogen (secondary N) is 1. The molecule has 0 aliphatic heterocycles. The van der Waals surface area contributed by atoms with Gasteiger partial charge in [0.05, 0.1) is 28.0 Å². The molecule has 0 aliphatic rings. The van der Waals surface area contributed by atoms with Crippen LogP contribution in [-0.2, 0) is 6.18 Å². The molecule has 0 radical (unpaired) electrons. The van der Waals surface area contributed by atoms with E-state index in [9.17, 15) is 23.3 Å². The second-order valence-corrected chi connectivity index (χ2v) is 4.23. The average Bonchev–Trinajstić information content (AvgIpc) is 2.47. The van der Waals surface area contributed by atoms with Gasteiger partial charge in [-0.15, -0.1) is 0 Å². The molecule has 114 valence electrons. The first kappa shape index (κ1) is 15.5. The fourth-order valence-electron chi connectivity index (χ4n) is 1.76. The van der Waals surface area contributed by atoms with Gasteiger partial charge in [0.25, 0.3) is 5.69 Å². The van der Waals surface area contributed by atoms with Crippen molar-refractivity contribution in [1.82, 2.24) is 0 Å². The van der Waals surface area contributed by atoms with E-state index in [4.69, 9.17) is 0 Å². The van der Waals surface area contributed by atoms with Crippen LogP contribution in [0.2, 0.25) is 0 Å².